The van der Waals surface area contributed by atoms with E-state index in [1.165, 1.54) is 0 Å². The molecule has 1 heterocycles. The predicted molar refractivity (Wildman–Crippen MR) is 189 cm³/mol. The number of piperidine rings is 1. The molecule has 4 atom stereocenters. The van der Waals surface area contributed by atoms with Crippen molar-refractivity contribution in [3.05, 3.63) is 71.8 Å². The van der Waals surface area contributed by atoms with Gasteiger partial charge in [-0.2, -0.15) is 0 Å². The third-order valence-electron chi connectivity index (χ3n) is 8.61. The number of benzene rings is 2. The first-order chi connectivity index (χ1) is 23.5. The number of nitrogens with one attached hydrogen (secondary N) is 4. The van der Waals surface area contributed by atoms with Crippen LogP contribution in [0.1, 0.15) is 63.5 Å². The molecule has 3 rings (SSSR count). The van der Waals surface area contributed by atoms with E-state index in [1.54, 1.807) is 4.90 Å². The van der Waals surface area contributed by atoms with Gasteiger partial charge in [0.15, 0.2) is 0 Å². The van der Waals surface area contributed by atoms with Crippen LogP contribution in [0.4, 0.5) is 4.79 Å². The Bertz CT molecular complexity index is 1350. The largest absolute Gasteiger partial charge is 0.352 e. The van der Waals surface area contributed by atoms with Crippen molar-refractivity contribution in [2.75, 3.05) is 19.6 Å². The van der Waals surface area contributed by atoms with Crippen LogP contribution in [0.3, 0.4) is 0 Å². The maximum absolute atomic E-state index is 13.9. The molecular weight excluding hydrogens is 624 g/mol. The molecule has 0 radical (unpaired) electrons. The molecule has 0 aliphatic carbocycles. The first-order valence-electron chi connectivity index (χ1n) is 17.3. The number of carbonyl (C=O) groups excluding carboxylic acids is 5. The summed E-state index contributed by atoms with van der Waals surface area (Å²) in [5.74, 6) is -1.69. The fourth-order valence-electron chi connectivity index (χ4n) is 5.96. The quantitative estimate of drug-likeness (QED) is 0.114. The zero-order valence-corrected chi connectivity index (χ0v) is 28.7. The Morgan fingerprint density at radius 2 is 1.29 bits per heavy atom. The zero-order valence-electron chi connectivity index (χ0n) is 28.7. The van der Waals surface area contributed by atoms with E-state index < -0.39 is 47.9 Å². The number of carbonyl (C=O) groups is 5. The molecule has 13 heteroatoms. The Morgan fingerprint density at radius 3 is 1.84 bits per heavy atom. The molecule has 49 heavy (non-hydrogen) atoms. The summed E-state index contributed by atoms with van der Waals surface area (Å²) in [4.78, 5) is 67.6. The van der Waals surface area contributed by atoms with Crippen LogP contribution < -0.4 is 38.5 Å². The molecule has 0 spiro atoms. The van der Waals surface area contributed by atoms with Crippen molar-refractivity contribution in [1.82, 2.24) is 26.2 Å². The van der Waals surface area contributed by atoms with E-state index in [9.17, 15) is 24.0 Å². The van der Waals surface area contributed by atoms with Crippen molar-refractivity contribution in [3.63, 3.8) is 0 Å². The monoisotopic (exact) mass is 678 g/mol. The van der Waals surface area contributed by atoms with Gasteiger partial charge in [-0.15, -0.1) is 0 Å². The summed E-state index contributed by atoms with van der Waals surface area (Å²) in [6.45, 7) is 5.15. The van der Waals surface area contributed by atoms with Crippen LogP contribution in [-0.2, 0) is 32.0 Å². The van der Waals surface area contributed by atoms with Crippen molar-refractivity contribution in [2.24, 2.45) is 23.1 Å². The summed E-state index contributed by atoms with van der Waals surface area (Å²) < 4.78 is 0. The van der Waals surface area contributed by atoms with Crippen molar-refractivity contribution >= 4 is 29.7 Å². The summed E-state index contributed by atoms with van der Waals surface area (Å²) in [7, 11) is 0. The van der Waals surface area contributed by atoms with E-state index in [0.717, 1.165) is 11.1 Å². The second-order valence-electron chi connectivity index (χ2n) is 13.2. The third-order valence-corrected chi connectivity index (χ3v) is 8.61. The van der Waals surface area contributed by atoms with Crippen molar-refractivity contribution in [1.29, 1.82) is 0 Å². The van der Waals surface area contributed by atoms with E-state index >= 15 is 0 Å². The molecule has 1 aliphatic rings. The van der Waals surface area contributed by atoms with Gasteiger partial charge in [-0.25, -0.2) is 4.79 Å². The zero-order chi connectivity index (χ0) is 35.8. The number of amides is 6. The first kappa shape index (κ1) is 39.0. The standard InChI is InChI=1S/C36H54N8O5/c1-24(2)21-30(33(46)41-29(15-9-10-18-37)35(48)44-19-16-27(17-20-44)40-36(39)49)43-34(47)31(23-26-13-7-4-8-14-26)42-32(45)28(38)22-25-11-5-3-6-12-25/h3-8,11-14,24,27-31H,9-10,15-23,37-38H2,1-2H3,(H,41,46)(H,42,45)(H,43,47)(H3,39,40,49)/t28-,29?,30-,31-/m1/s1. The lowest BCUT2D eigenvalue weighted by Gasteiger charge is -2.35. The molecule has 0 bridgehead atoms. The van der Waals surface area contributed by atoms with E-state index in [0.29, 0.717) is 64.6 Å². The molecule has 1 aliphatic heterocycles. The minimum absolute atomic E-state index is 0.0284. The molecule has 2 aromatic carbocycles. The number of rotatable bonds is 18. The molecule has 6 amide bonds. The summed E-state index contributed by atoms with van der Waals surface area (Å²) in [6, 6.07) is 14.3. The fraction of sp³-hybridized carbons (Fsp3) is 0.528. The number of unbranched alkanes of at least 4 members (excludes halogenated alkanes) is 1. The average Bonchev–Trinajstić information content (AvgIpc) is 3.07. The topological polar surface area (TPSA) is 215 Å². The maximum Gasteiger partial charge on any atom is 0.312 e. The van der Waals surface area contributed by atoms with Gasteiger partial charge in [0.1, 0.15) is 18.1 Å². The third kappa shape index (κ3) is 13.5. The Kier molecular flexibility index (Phi) is 16.0. The minimum Gasteiger partial charge on any atom is -0.352 e. The van der Waals surface area contributed by atoms with Gasteiger partial charge in [0.25, 0.3) is 0 Å². The number of nitrogens with zero attached hydrogens (tertiary/aromatic N) is 1. The van der Waals surface area contributed by atoms with Gasteiger partial charge in [-0.05, 0) is 68.5 Å². The van der Waals surface area contributed by atoms with Crippen LogP contribution in [0.2, 0.25) is 0 Å². The Morgan fingerprint density at radius 1 is 0.755 bits per heavy atom. The van der Waals surface area contributed by atoms with E-state index in [2.05, 4.69) is 21.3 Å². The number of primary amides is 1. The molecule has 1 fully saturated rings. The molecule has 268 valence electrons. The minimum atomic E-state index is -1.00. The van der Waals surface area contributed by atoms with Gasteiger partial charge >= 0.3 is 6.03 Å². The van der Waals surface area contributed by atoms with Gasteiger partial charge in [0, 0.05) is 25.6 Å². The lowest BCUT2D eigenvalue weighted by molar-refractivity contribution is -0.138. The molecule has 13 nitrogen and oxygen atoms in total. The van der Waals surface area contributed by atoms with Gasteiger partial charge in [-0.1, -0.05) is 74.5 Å². The van der Waals surface area contributed by atoms with Crippen molar-refractivity contribution in [2.45, 2.75) is 95.4 Å². The van der Waals surface area contributed by atoms with E-state index in [1.807, 2.05) is 74.5 Å². The smallest absolute Gasteiger partial charge is 0.312 e. The summed E-state index contributed by atoms with van der Waals surface area (Å²) in [6.07, 6.45) is 3.59. The number of urea groups is 1. The lowest BCUT2D eigenvalue weighted by atomic mass is 9.99. The van der Waals surface area contributed by atoms with Gasteiger partial charge in [-0.3, -0.25) is 19.2 Å². The molecule has 10 N–H and O–H groups in total. The summed E-state index contributed by atoms with van der Waals surface area (Å²) in [5.41, 5.74) is 18.9. The van der Waals surface area contributed by atoms with Crippen LogP contribution >= 0.6 is 0 Å². The molecule has 2 aromatic rings. The molecule has 0 aromatic heterocycles. The van der Waals surface area contributed by atoms with Gasteiger partial charge in [0.05, 0.1) is 6.04 Å². The van der Waals surface area contributed by atoms with Crippen LogP contribution in [0.5, 0.6) is 0 Å². The van der Waals surface area contributed by atoms with E-state index in [-0.39, 0.29) is 24.3 Å². The van der Waals surface area contributed by atoms with Gasteiger partial charge < -0.3 is 43.4 Å². The highest BCUT2D eigenvalue weighted by molar-refractivity contribution is 5.95. The summed E-state index contributed by atoms with van der Waals surface area (Å²) >= 11 is 0. The SMILES string of the molecule is CC(C)C[C@@H](NC(=O)[C@@H](Cc1ccccc1)NC(=O)[C@H](N)Cc1ccccc1)C(=O)NC(CCCCN)C(=O)N1CCC(NC(N)=O)CC1. The van der Waals surface area contributed by atoms with Crippen LogP contribution in [0.25, 0.3) is 0 Å². The van der Waals surface area contributed by atoms with Gasteiger partial charge in [0.2, 0.25) is 23.6 Å². The molecule has 1 saturated heterocycles. The average molecular weight is 679 g/mol. The van der Waals surface area contributed by atoms with Crippen molar-refractivity contribution in [3.8, 4) is 0 Å². The van der Waals surface area contributed by atoms with Crippen LogP contribution in [0.15, 0.2) is 60.7 Å². The molecular formula is C36H54N8O5. The Labute approximate surface area is 289 Å². The Hall–Kier alpha value is -4.49. The van der Waals surface area contributed by atoms with Crippen LogP contribution in [0, 0.1) is 5.92 Å². The first-order valence-corrected chi connectivity index (χ1v) is 17.3. The van der Waals surface area contributed by atoms with Crippen LogP contribution in [-0.4, -0.2) is 84.4 Å². The predicted octanol–water partition coefficient (Wildman–Crippen LogP) is 1.09. The second kappa shape index (κ2) is 20.1. The normalized spacial score (nSPS) is 15.8. The number of hydrogen-bond donors (Lipinski definition) is 7. The lowest BCUT2D eigenvalue weighted by Crippen LogP contribution is -2.59. The number of hydrogen-bond acceptors (Lipinski definition) is 7. The maximum atomic E-state index is 13.9. The summed E-state index contributed by atoms with van der Waals surface area (Å²) in [5, 5.41) is 11.3. The highest BCUT2D eigenvalue weighted by Gasteiger charge is 2.33. The number of likely N-dealkylation sites (tertiary alicyclic amines) is 1. The highest BCUT2D eigenvalue weighted by atomic mass is 16.2. The number of nitrogens with two attached hydrogens (primary N) is 3. The second-order valence-corrected chi connectivity index (χ2v) is 13.2. The fourth-order valence-corrected chi connectivity index (χ4v) is 5.96. The Balaban J connectivity index is 1.75. The molecule has 1 unspecified atom stereocenters. The van der Waals surface area contributed by atoms with E-state index in [4.69, 9.17) is 17.2 Å². The van der Waals surface area contributed by atoms with Crippen molar-refractivity contribution < 1.29 is 24.0 Å². The molecule has 0 saturated carbocycles. The highest BCUT2D eigenvalue weighted by Crippen LogP contribution is 2.15.